The van der Waals surface area contributed by atoms with E-state index in [1.165, 1.54) is 13.8 Å². The zero-order chi connectivity index (χ0) is 57.8. The fourth-order valence-corrected chi connectivity index (χ4v) is 8.40. The van der Waals surface area contributed by atoms with Crippen LogP contribution in [0.5, 0.6) is 0 Å². The van der Waals surface area contributed by atoms with Gasteiger partial charge in [-0.2, -0.15) is 0 Å². The summed E-state index contributed by atoms with van der Waals surface area (Å²) < 4.78 is 0. The second-order valence-corrected chi connectivity index (χ2v) is 19.6. The molecule has 2 rings (SSSR count). The fourth-order valence-electron chi connectivity index (χ4n) is 8.40. The van der Waals surface area contributed by atoms with Gasteiger partial charge in [0.1, 0.15) is 54.4 Å². The lowest BCUT2D eigenvalue weighted by atomic mass is 9.85. The number of hydrogen-bond donors (Lipinski definition) is 17. The highest BCUT2D eigenvalue weighted by molar-refractivity contribution is 5.98. The zero-order valence-corrected chi connectivity index (χ0v) is 44.8. The SMILES string of the molecule is CCNC(=O)C(NC(=O)[C@H](CCN)NC(=O)[C@H](CCN)NC(=O)[C@H](CC(C)C)NC(=O)[C@@H](Cc1ccccc1)NC(=O)[C@H](CCN)NC(=O)CNC(=O)[C@@H](CO)NC(=O)C(NC(=O)C(O)C1CCCCC1)C(C)O)C(C)O. The number of aliphatic hydroxyl groups excluding tert-OH is 4. The highest BCUT2D eigenvalue weighted by Crippen LogP contribution is 2.26. The molecule has 0 aliphatic heterocycles. The predicted molar refractivity (Wildman–Crippen MR) is 281 cm³/mol. The number of nitrogens with one attached hydrogen (secondary N) is 10. The van der Waals surface area contributed by atoms with Gasteiger partial charge in [-0.3, -0.25) is 47.9 Å². The third kappa shape index (κ3) is 23.4. The Bertz CT molecular complexity index is 2080. The lowest BCUT2D eigenvalue weighted by Gasteiger charge is -2.28. The van der Waals surface area contributed by atoms with E-state index < -0.39 is 139 Å². The molecular weight excluding hydrogens is 1010 g/mol. The molecule has 11 atom stereocenters. The molecule has 10 amide bonds. The van der Waals surface area contributed by atoms with E-state index in [2.05, 4.69) is 53.2 Å². The molecule has 434 valence electrons. The monoisotopic (exact) mass is 1090 g/mol. The van der Waals surface area contributed by atoms with Crippen LogP contribution in [0.2, 0.25) is 0 Å². The van der Waals surface area contributed by atoms with Gasteiger partial charge in [0.15, 0.2) is 0 Å². The maximum atomic E-state index is 14.3. The molecule has 77 heavy (non-hydrogen) atoms. The van der Waals surface area contributed by atoms with Gasteiger partial charge in [0.2, 0.25) is 59.1 Å². The van der Waals surface area contributed by atoms with E-state index in [9.17, 15) is 68.4 Å². The van der Waals surface area contributed by atoms with Crippen LogP contribution in [-0.2, 0) is 54.4 Å². The lowest BCUT2D eigenvalue weighted by Crippen LogP contribution is -2.61. The molecule has 1 aromatic rings. The van der Waals surface area contributed by atoms with Crippen LogP contribution in [0.3, 0.4) is 0 Å². The first kappa shape index (κ1) is 66.8. The summed E-state index contributed by atoms with van der Waals surface area (Å²) in [6, 6.07) is -2.84. The van der Waals surface area contributed by atoms with Crippen LogP contribution in [0.25, 0.3) is 0 Å². The van der Waals surface area contributed by atoms with E-state index in [1.54, 1.807) is 51.1 Å². The molecule has 0 aromatic heterocycles. The van der Waals surface area contributed by atoms with Gasteiger partial charge in [-0.15, -0.1) is 0 Å². The molecule has 0 spiro atoms. The molecule has 1 aliphatic carbocycles. The van der Waals surface area contributed by atoms with E-state index >= 15 is 0 Å². The summed E-state index contributed by atoms with van der Waals surface area (Å²) >= 11 is 0. The molecule has 0 bridgehead atoms. The van der Waals surface area contributed by atoms with Crippen molar-refractivity contribution in [2.24, 2.45) is 29.0 Å². The van der Waals surface area contributed by atoms with Crippen LogP contribution in [-0.4, -0.2) is 185 Å². The number of rotatable bonds is 34. The molecule has 20 N–H and O–H groups in total. The maximum absolute atomic E-state index is 14.3. The standard InChI is InChI=1S/C50H85N13O14/c1-6-54-48(75)39(28(4)65)62-45(72)34(19-22-53)57-44(71)33(18-21-52)58-46(73)35(23-27(2)3)59-47(74)36(24-30-13-9-7-10-14-30)60-43(70)32(17-20-51)56-38(67)25-55-42(69)37(26-64)61-49(76)40(29(5)66)63-50(77)41(68)31-15-11-8-12-16-31/h7,9-10,13-14,27-29,31-37,39-41,64-66,68H,6,8,11-12,15-26,51-53H2,1-5H3,(H,54,75)(H,55,69)(H,56,67)(H,57,71)(H,58,73)(H,59,74)(H,60,70)(H,61,76)(H,62,72)(H,63,77)/t28?,29?,32-,33-,34-,35-,36+,37+,39?,40?,41?/m0/s1. The molecule has 0 heterocycles. The van der Waals surface area contributed by atoms with Gasteiger partial charge in [0.05, 0.1) is 25.4 Å². The number of benzene rings is 1. The minimum absolute atomic E-state index is 0.0416. The number of hydrogen-bond acceptors (Lipinski definition) is 17. The number of likely N-dealkylation sites (N-methyl/N-ethyl adjacent to an activating group) is 1. The Hall–Kier alpha value is -6.36. The van der Waals surface area contributed by atoms with Crippen molar-refractivity contribution in [2.45, 2.75) is 165 Å². The first-order valence-electron chi connectivity index (χ1n) is 26.3. The Balaban J connectivity index is 2.24. The molecule has 27 nitrogen and oxygen atoms in total. The normalized spacial score (nSPS) is 16.9. The van der Waals surface area contributed by atoms with Crippen molar-refractivity contribution in [3.63, 3.8) is 0 Å². The van der Waals surface area contributed by atoms with Crippen LogP contribution in [0, 0.1) is 11.8 Å². The Kier molecular flexibility index (Phi) is 30.5. The largest absolute Gasteiger partial charge is 0.394 e. The first-order chi connectivity index (χ1) is 36.5. The summed E-state index contributed by atoms with van der Waals surface area (Å²) in [4.78, 5) is 134. The van der Waals surface area contributed by atoms with E-state index in [4.69, 9.17) is 17.2 Å². The van der Waals surface area contributed by atoms with Gasteiger partial charge in [-0.05, 0) is 96.3 Å². The molecule has 5 unspecified atom stereocenters. The smallest absolute Gasteiger partial charge is 0.249 e. The van der Waals surface area contributed by atoms with Crippen LogP contribution >= 0.6 is 0 Å². The van der Waals surface area contributed by atoms with E-state index in [0.29, 0.717) is 18.4 Å². The fraction of sp³-hybridized carbons (Fsp3) is 0.680. The van der Waals surface area contributed by atoms with Crippen molar-refractivity contribution in [3.8, 4) is 0 Å². The topological polar surface area (TPSA) is 450 Å². The van der Waals surface area contributed by atoms with Crippen LogP contribution in [0.15, 0.2) is 30.3 Å². The number of aliphatic hydroxyl groups is 4. The summed E-state index contributed by atoms with van der Waals surface area (Å²) in [5, 5.41) is 65.7. The van der Waals surface area contributed by atoms with Crippen molar-refractivity contribution in [3.05, 3.63) is 35.9 Å². The van der Waals surface area contributed by atoms with Gasteiger partial charge in [0, 0.05) is 13.0 Å². The second kappa shape index (κ2) is 35.1. The molecule has 1 aromatic carbocycles. The van der Waals surface area contributed by atoms with Crippen molar-refractivity contribution in [2.75, 3.05) is 39.3 Å². The van der Waals surface area contributed by atoms with Crippen molar-refractivity contribution in [1.29, 1.82) is 0 Å². The molecule has 1 saturated carbocycles. The van der Waals surface area contributed by atoms with E-state index in [-0.39, 0.29) is 70.1 Å². The zero-order valence-electron chi connectivity index (χ0n) is 44.8. The molecular formula is C50H85N13O14. The number of amides is 10. The van der Waals surface area contributed by atoms with E-state index in [1.807, 2.05) is 0 Å². The Labute approximate surface area is 449 Å². The number of nitrogens with two attached hydrogens (primary N) is 3. The summed E-state index contributed by atoms with van der Waals surface area (Å²) in [5.41, 5.74) is 18.0. The summed E-state index contributed by atoms with van der Waals surface area (Å²) in [5.74, 6) is -9.32. The lowest BCUT2D eigenvalue weighted by molar-refractivity contribution is -0.139. The van der Waals surface area contributed by atoms with Gasteiger partial charge in [0.25, 0.3) is 0 Å². The molecule has 0 radical (unpaired) electrons. The Morgan fingerprint density at radius 2 is 0.961 bits per heavy atom. The van der Waals surface area contributed by atoms with Crippen LogP contribution < -0.4 is 70.4 Å². The summed E-state index contributed by atoms with van der Waals surface area (Å²) in [6.45, 7) is 5.86. The molecule has 1 fully saturated rings. The second-order valence-electron chi connectivity index (χ2n) is 19.6. The number of carbonyl (C=O) groups excluding carboxylic acids is 10. The Morgan fingerprint density at radius 1 is 0.519 bits per heavy atom. The van der Waals surface area contributed by atoms with Gasteiger partial charge in [-0.25, -0.2) is 0 Å². The van der Waals surface area contributed by atoms with Gasteiger partial charge < -0.3 is 90.8 Å². The third-order valence-electron chi connectivity index (χ3n) is 12.6. The first-order valence-corrected chi connectivity index (χ1v) is 26.3. The van der Waals surface area contributed by atoms with Crippen molar-refractivity contribution < 1.29 is 68.4 Å². The van der Waals surface area contributed by atoms with Gasteiger partial charge in [-0.1, -0.05) is 63.4 Å². The highest BCUT2D eigenvalue weighted by Gasteiger charge is 2.37. The van der Waals surface area contributed by atoms with E-state index in [0.717, 1.165) is 19.3 Å². The Morgan fingerprint density at radius 3 is 1.45 bits per heavy atom. The van der Waals surface area contributed by atoms with Gasteiger partial charge >= 0.3 is 0 Å². The minimum atomic E-state index is -1.67. The average Bonchev–Trinajstić information content (AvgIpc) is 3.39. The summed E-state index contributed by atoms with van der Waals surface area (Å²) in [7, 11) is 0. The minimum Gasteiger partial charge on any atom is -0.394 e. The number of carbonyl (C=O) groups is 10. The average molecular weight is 1090 g/mol. The quantitative estimate of drug-likeness (QED) is 0.0306. The summed E-state index contributed by atoms with van der Waals surface area (Å²) in [6.07, 6.45) is -0.823. The molecule has 27 heteroatoms. The van der Waals surface area contributed by atoms with Crippen molar-refractivity contribution in [1.82, 2.24) is 53.2 Å². The predicted octanol–water partition coefficient (Wildman–Crippen LogP) is -5.85. The highest BCUT2D eigenvalue weighted by atomic mass is 16.3. The molecule has 0 saturated heterocycles. The van der Waals surface area contributed by atoms with Crippen molar-refractivity contribution >= 4 is 59.1 Å². The third-order valence-corrected chi connectivity index (χ3v) is 12.6. The van der Waals surface area contributed by atoms with Crippen LogP contribution in [0.1, 0.15) is 98.0 Å². The maximum Gasteiger partial charge on any atom is 0.249 e. The molecule has 1 aliphatic rings. The van der Waals surface area contributed by atoms with Crippen LogP contribution in [0.4, 0.5) is 0 Å².